The number of hydrogen-bond donors (Lipinski definition) is 0. The molecule has 0 aromatic carbocycles. The molecule has 27 heavy (non-hydrogen) atoms. The minimum atomic E-state index is -1.49. The lowest BCUT2D eigenvalue weighted by molar-refractivity contribution is 0.267. The van der Waals surface area contributed by atoms with Crippen molar-refractivity contribution >= 4 is 8.48 Å². The fourth-order valence-corrected chi connectivity index (χ4v) is 8.01. The number of rotatable bonds is 19. The Labute approximate surface area is 173 Å². The van der Waals surface area contributed by atoms with Gasteiger partial charge in [-0.05, 0) is 45.4 Å². The molecule has 0 bridgehead atoms. The van der Waals surface area contributed by atoms with Gasteiger partial charge in [-0.1, -0.05) is 103 Å². The quantitative estimate of drug-likeness (QED) is 0.161. The SMILES string of the molecule is CCCCCCCCCCCCCCCCCCN1CCC[Si]1(C)OCC. The van der Waals surface area contributed by atoms with E-state index in [9.17, 15) is 0 Å². The van der Waals surface area contributed by atoms with Gasteiger partial charge in [-0.25, -0.2) is 0 Å². The summed E-state index contributed by atoms with van der Waals surface area (Å²) in [5, 5.41) is 0. The Bertz CT molecular complexity index is 326. The second-order valence-electron chi connectivity index (χ2n) is 9.00. The van der Waals surface area contributed by atoms with E-state index >= 15 is 0 Å². The van der Waals surface area contributed by atoms with Gasteiger partial charge < -0.3 is 8.99 Å². The van der Waals surface area contributed by atoms with Crippen LogP contribution >= 0.6 is 0 Å². The van der Waals surface area contributed by atoms with Crippen LogP contribution in [0, 0.1) is 0 Å². The van der Waals surface area contributed by atoms with Crippen LogP contribution < -0.4 is 0 Å². The molecule has 0 amide bonds. The van der Waals surface area contributed by atoms with Gasteiger partial charge in [0.05, 0.1) is 0 Å². The van der Waals surface area contributed by atoms with Gasteiger partial charge in [0, 0.05) is 6.61 Å². The largest absolute Gasteiger partial charge is 0.403 e. The van der Waals surface area contributed by atoms with Crippen LogP contribution in [0.3, 0.4) is 0 Å². The van der Waals surface area contributed by atoms with Crippen LogP contribution in [0.25, 0.3) is 0 Å². The lowest BCUT2D eigenvalue weighted by Crippen LogP contribution is -2.49. The lowest BCUT2D eigenvalue weighted by Gasteiger charge is -2.32. The summed E-state index contributed by atoms with van der Waals surface area (Å²) < 4.78 is 8.87. The highest BCUT2D eigenvalue weighted by Crippen LogP contribution is 2.27. The summed E-state index contributed by atoms with van der Waals surface area (Å²) in [4.78, 5) is 0. The van der Waals surface area contributed by atoms with Crippen molar-refractivity contribution in [2.45, 2.75) is 136 Å². The van der Waals surface area contributed by atoms with Gasteiger partial charge in [0.1, 0.15) is 0 Å². The van der Waals surface area contributed by atoms with Gasteiger partial charge in [-0.2, -0.15) is 0 Å². The average molecular weight is 398 g/mol. The molecule has 1 aliphatic rings. The van der Waals surface area contributed by atoms with Crippen molar-refractivity contribution < 1.29 is 4.43 Å². The molecule has 0 aliphatic carbocycles. The van der Waals surface area contributed by atoms with Gasteiger partial charge in [-0.15, -0.1) is 0 Å². The minimum absolute atomic E-state index is 0.901. The molecule has 0 N–H and O–H groups in total. The van der Waals surface area contributed by atoms with Crippen molar-refractivity contribution in [2.24, 2.45) is 0 Å². The summed E-state index contributed by atoms with van der Waals surface area (Å²) in [5.74, 6) is 0. The van der Waals surface area contributed by atoms with Crippen LogP contribution in [-0.4, -0.2) is 32.7 Å². The Balaban J connectivity index is 1.79. The highest BCUT2D eigenvalue weighted by Gasteiger charge is 2.40. The van der Waals surface area contributed by atoms with Gasteiger partial charge in [0.2, 0.25) is 0 Å². The highest BCUT2D eigenvalue weighted by molar-refractivity contribution is 6.70. The van der Waals surface area contributed by atoms with Crippen molar-refractivity contribution in [2.75, 3.05) is 19.7 Å². The Kier molecular flexibility index (Phi) is 15.9. The summed E-state index contributed by atoms with van der Waals surface area (Å²) >= 11 is 0. The van der Waals surface area contributed by atoms with Crippen molar-refractivity contribution in [1.29, 1.82) is 0 Å². The molecule has 2 nitrogen and oxygen atoms in total. The van der Waals surface area contributed by atoms with E-state index in [4.69, 9.17) is 4.43 Å². The Morgan fingerprint density at radius 2 is 1.11 bits per heavy atom. The Hall–Kier alpha value is 0.137. The summed E-state index contributed by atoms with van der Waals surface area (Å²) in [7, 11) is -1.49. The topological polar surface area (TPSA) is 12.5 Å². The van der Waals surface area contributed by atoms with Gasteiger partial charge in [0.15, 0.2) is 0 Å². The standard InChI is InChI=1S/C24H51NOSi/c1-4-6-7-8-9-10-11-12-13-14-15-16-17-18-19-20-22-25-23-21-24-27(25,3)26-5-2/h4-24H2,1-3H3. The van der Waals surface area contributed by atoms with Crippen molar-refractivity contribution in [3.8, 4) is 0 Å². The van der Waals surface area contributed by atoms with Crippen LogP contribution in [0.15, 0.2) is 0 Å². The molecule has 162 valence electrons. The fraction of sp³-hybridized carbons (Fsp3) is 1.00. The van der Waals surface area contributed by atoms with E-state index in [1.54, 1.807) is 0 Å². The van der Waals surface area contributed by atoms with Crippen LogP contribution in [0.5, 0.6) is 0 Å². The van der Waals surface area contributed by atoms with Crippen LogP contribution in [-0.2, 0) is 4.43 Å². The van der Waals surface area contributed by atoms with E-state index in [0.29, 0.717) is 0 Å². The van der Waals surface area contributed by atoms with E-state index in [0.717, 1.165) is 6.61 Å². The summed E-state index contributed by atoms with van der Waals surface area (Å²) in [6, 6.07) is 1.35. The van der Waals surface area contributed by atoms with E-state index in [1.165, 1.54) is 128 Å². The average Bonchev–Trinajstić information content (AvgIpc) is 3.02. The normalized spacial score (nSPS) is 20.6. The second-order valence-corrected chi connectivity index (χ2v) is 12.8. The smallest absolute Gasteiger partial charge is 0.268 e. The van der Waals surface area contributed by atoms with Crippen LogP contribution in [0.2, 0.25) is 12.6 Å². The second kappa shape index (κ2) is 17.0. The first-order valence-corrected chi connectivity index (χ1v) is 15.2. The Morgan fingerprint density at radius 3 is 1.56 bits per heavy atom. The van der Waals surface area contributed by atoms with Crippen molar-refractivity contribution in [3.63, 3.8) is 0 Å². The zero-order valence-corrected chi connectivity index (χ0v) is 20.2. The summed E-state index contributed by atoms with van der Waals surface area (Å²) in [6.45, 7) is 10.4. The third kappa shape index (κ3) is 12.3. The maximum absolute atomic E-state index is 6.15. The fourth-order valence-electron chi connectivity index (χ4n) is 4.67. The molecule has 0 spiro atoms. The molecule has 1 saturated heterocycles. The minimum Gasteiger partial charge on any atom is -0.403 e. The summed E-state index contributed by atoms with van der Waals surface area (Å²) in [5.41, 5.74) is 0. The monoisotopic (exact) mass is 397 g/mol. The molecule has 1 fully saturated rings. The summed E-state index contributed by atoms with van der Waals surface area (Å²) in [6.07, 6.45) is 24.6. The maximum atomic E-state index is 6.15. The number of hydrogen-bond acceptors (Lipinski definition) is 2. The predicted octanol–water partition coefficient (Wildman–Crippen LogP) is 8.06. The molecule has 1 aliphatic heterocycles. The van der Waals surface area contributed by atoms with Gasteiger partial charge in [-0.3, -0.25) is 0 Å². The van der Waals surface area contributed by atoms with Gasteiger partial charge >= 0.3 is 0 Å². The maximum Gasteiger partial charge on any atom is 0.268 e. The molecular weight excluding hydrogens is 346 g/mol. The number of unbranched alkanes of at least 4 members (excludes halogenated alkanes) is 15. The highest BCUT2D eigenvalue weighted by atomic mass is 28.4. The molecule has 1 rings (SSSR count). The molecular formula is C24H51NOSi. The first kappa shape index (κ1) is 25.2. The predicted molar refractivity (Wildman–Crippen MR) is 124 cm³/mol. The third-order valence-corrected chi connectivity index (χ3v) is 10.5. The molecule has 3 heteroatoms. The van der Waals surface area contributed by atoms with Crippen LogP contribution in [0.4, 0.5) is 0 Å². The zero-order chi connectivity index (χ0) is 19.6. The van der Waals surface area contributed by atoms with E-state index < -0.39 is 8.48 Å². The van der Waals surface area contributed by atoms with E-state index in [2.05, 4.69) is 25.0 Å². The molecule has 0 radical (unpaired) electrons. The molecule has 1 atom stereocenters. The third-order valence-electron chi connectivity index (χ3n) is 6.47. The molecule has 1 heterocycles. The van der Waals surface area contributed by atoms with Crippen LogP contribution in [0.1, 0.15) is 123 Å². The lowest BCUT2D eigenvalue weighted by atomic mass is 10.0. The van der Waals surface area contributed by atoms with Crippen molar-refractivity contribution in [3.05, 3.63) is 0 Å². The molecule has 0 aromatic heterocycles. The first-order chi connectivity index (χ1) is 13.2. The number of nitrogens with zero attached hydrogens (tertiary/aromatic N) is 1. The zero-order valence-electron chi connectivity index (χ0n) is 19.2. The molecule has 0 saturated carbocycles. The molecule has 1 unspecified atom stereocenters. The first-order valence-electron chi connectivity index (χ1n) is 12.6. The Morgan fingerprint density at radius 1 is 0.667 bits per heavy atom. The van der Waals surface area contributed by atoms with Gasteiger partial charge in [0.25, 0.3) is 8.48 Å². The van der Waals surface area contributed by atoms with E-state index in [1.807, 2.05) is 0 Å². The molecule has 0 aromatic rings. The van der Waals surface area contributed by atoms with Crippen molar-refractivity contribution in [1.82, 2.24) is 4.57 Å². The van der Waals surface area contributed by atoms with E-state index in [-0.39, 0.29) is 0 Å².